The molecule has 27 heavy (non-hydrogen) atoms. The molecule has 2 heterocycles. The lowest BCUT2D eigenvalue weighted by molar-refractivity contribution is -0.136. The third kappa shape index (κ3) is 3.99. The molecule has 3 rings (SSSR count). The number of imidazole rings is 1. The predicted octanol–water partition coefficient (Wildman–Crippen LogP) is 2.77. The van der Waals surface area contributed by atoms with Gasteiger partial charge in [0.05, 0.1) is 19.0 Å². The fraction of sp³-hybridized carbons (Fsp3) is 0.421. The first-order chi connectivity index (χ1) is 12.9. The van der Waals surface area contributed by atoms with Crippen molar-refractivity contribution in [2.45, 2.75) is 38.9 Å². The van der Waals surface area contributed by atoms with Crippen molar-refractivity contribution in [2.24, 2.45) is 0 Å². The van der Waals surface area contributed by atoms with Gasteiger partial charge in [0.15, 0.2) is 0 Å². The highest BCUT2D eigenvalue weighted by atomic mass is 19.3. The van der Waals surface area contributed by atoms with Gasteiger partial charge in [-0.15, -0.1) is 0 Å². The average Bonchev–Trinajstić information content (AvgIpc) is 3.10. The maximum atomic E-state index is 13.0. The lowest BCUT2D eigenvalue weighted by Gasteiger charge is -2.37. The van der Waals surface area contributed by atoms with Crippen molar-refractivity contribution < 1.29 is 18.4 Å². The van der Waals surface area contributed by atoms with Gasteiger partial charge in [-0.3, -0.25) is 14.2 Å². The van der Waals surface area contributed by atoms with Gasteiger partial charge in [-0.2, -0.15) is 8.78 Å². The van der Waals surface area contributed by atoms with Crippen LogP contribution in [0.3, 0.4) is 0 Å². The monoisotopic (exact) mass is 376 g/mol. The van der Waals surface area contributed by atoms with E-state index in [-0.39, 0.29) is 36.6 Å². The molecule has 1 aliphatic heterocycles. The Bertz CT molecular complexity index is 837. The number of aromatic nitrogens is 2. The van der Waals surface area contributed by atoms with E-state index in [2.05, 4.69) is 4.98 Å². The van der Waals surface area contributed by atoms with Gasteiger partial charge >= 0.3 is 6.55 Å². The van der Waals surface area contributed by atoms with Crippen LogP contribution in [0.5, 0.6) is 0 Å². The van der Waals surface area contributed by atoms with Gasteiger partial charge in [0.2, 0.25) is 11.8 Å². The average molecular weight is 376 g/mol. The predicted molar refractivity (Wildman–Crippen MR) is 94.8 cm³/mol. The Morgan fingerprint density at radius 2 is 2.07 bits per heavy atom. The topological polar surface area (TPSA) is 58.4 Å². The van der Waals surface area contributed by atoms with E-state index in [1.165, 1.54) is 24.2 Å². The van der Waals surface area contributed by atoms with Gasteiger partial charge in [-0.05, 0) is 17.5 Å². The highest BCUT2D eigenvalue weighted by Gasteiger charge is 2.31. The number of benzene rings is 1. The van der Waals surface area contributed by atoms with Crippen molar-refractivity contribution in [3.63, 3.8) is 0 Å². The summed E-state index contributed by atoms with van der Waals surface area (Å²) in [5, 5.41) is 0. The number of halogens is 2. The van der Waals surface area contributed by atoms with Gasteiger partial charge in [0.1, 0.15) is 5.82 Å². The molecule has 0 radical (unpaired) electrons. The summed E-state index contributed by atoms with van der Waals surface area (Å²) in [6.45, 7) is -0.674. The van der Waals surface area contributed by atoms with Crippen molar-refractivity contribution in [3.8, 4) is 0 Å². The van der Waals surface area contributed by atoms with Gasteiger partial charge < -0.3 is 9.80 Å². The molecule has 0 N–H and O–H groups in total. The molecule has 2 amide bonds. The van der Waals surface area contributed by atoms with E-state index in [1.807, 2.05) is 24.3 Å². The van der Waals surface area contributed by atoms with E-state index in [0.29, 0.717) is 6.54 Å². The van der Waals surface area contributed by atoms with Crippen LogP contribution in [-0.4, -0.2) is 44.8 Å². The molecule has 1 aromatic heterocycles. The number of rotatable bonds is 5. The van der Waals surface area contributed by atoms with Crippen molar-refractivity contribution >= 4 is 11.8 Å². The molecular formula is C19H22F2N4O2. The third-order valence-corrected chi connectivity index (χ3v) is 4.95. The van der Waals surface area contributed by atoms with Crippen LogP contribution in [0.25, 0.3) is 0 Å². The van der Waals surface area contributed by atoms with E-state index < -0.39 is 6.55 Å². The van der Waals surface area contributed by atoms with E-state index >= 15 is 0 Å². The summed E-state index contributed by atoms with van der Waals surface area (Å²) in [7, 11) is 1.56. The summed E-state index contributed by atoms with van der Waals surface area (Å²) >= 11 is 0. The second-order valence-electron chi connectivity index (χ2n) is 6.66. The van der Waals surface area contributed by atoms with Crippen LogP contribution in [0, 0.1) is 0 Å². The maximum absolute atomic E-state index is 13.0. The molecule has 2 aromatic rings. The van der Waals surface area contributed by atoms with Gasteiger partial charge in [-0.1, -0.05) is 24.3 Å². The van der Waals surface area contributed by atoms with Crippen LogP contribution in [0.15, 0.2) is 36.7 Å². The smallest absolute Gasteiger partial charge is 0.319 e. The van der Waals surface area contributed by atoms with E-state index in [9.17, 15) is 18.4 Å². The summed E-state index contributed by atoms with van der Waals surface area (Å²) in [5.74, 6) is -0.196. The van der Waals surface area contributed by atoms with Gasteiger partial charge in [0, 0.05) is 32.9 Å². The molecule has 144 valence electrons. The van der Waals surface area contributed by atoms with E-state index in [1.54, 1.807) is 11.9 Å². The first-order valence-electron chi connectivity index (χ1n) is 8.77. The minimum atomic E-state index is -2.70. The first kappa shape index (κ1) is 19.0. The highest BCUT2D eigenvalue weighted by molar-refractivity contribution is 5.79. The molecule has 1 aromatic carbocycles. The number of hydrogen-bond acceptors (Lipinski definition) is 3. The van der Waals surface area contributed by atoms with Crippen molar-refractivity contribution in [1.29, 1.82) is 0 Å². The lowest BCUT2D eigenvalue weighted by atomic mass is 9.90. The zero-order chi connectivity index (χ0) is 19.6. The van der Waals surface area contributed by atoms with Crippen molar-refractivity contribution in [1.82, 2.24) is 19.4 Å². The fourth-order valence-corrected chi connectivity index (χ4v) is 3.51. The zero-order valence-electron chi connectivity index (χ0n) is 15.3. The molecular weight excluding hydrogens is 354 g/mol. The Morgan fingerprint density at radius 1 is 1.33 bits per heavy atom. The van der Waals surface area contributed by atoms with Gasteiger partial charge in [-0.25, -0.2) is 4.98 Å². The van der Waals surface area contributed by atoms with Crippen LogP contribution < -0.4 is 0 Å². The minimum Gasteiger partial charge on any atom is -0.338 e. The molecule has 6 nitrogen and oxygen atoms in total. The van der Waals surface area contributed by atoms with Crippen LogP contribution in [0.1, 0.15) is 42.9 Å². The quantitative estimate of drug-likeness (QED) is 0.806. The van der Waals surface area contributed by atoms with Crippen LogP contribution >= 0.6 is 0 Å². The fourth-order valence-electron chi connectivity index (χ4n) is 3.51. The van der Waals surface area contributed by atoms with Crippen LogP contribution in [0.4, 0.5) is 8.78 Å². The number of carbonyl (C=O) groups is 2. The van der Waals surface area contributed by atoms with Crippen molar-refractivity contribution in [3.05, 3.63) is 53.6 Å². The molecule has 0 fully saturated rings. The molecule has 1 unspecified atom stereocenters. The molecule has 0 saturated carbocycles. The standard InChI is InChI=1S/C19H22F2N4O2/c1-13(26)24-9-7-14-5-3-4-6-15(14)16(24)11-18(27)23(2)12-17-22-8-10-25(17)19(20)21/h3-6,8,10,16,19H,7,9,11-12H2,1-2H3. The highest BCUT2D eigenvalue weighted by Crippen LogP contribution is 2.32. The second kappa shape index (κ2) is 7.85. The second-order valence-corrected chi connectivity index (χ2v) is 6.66. The summed E-state index contributed by atoms with van der Waals surface area (Å²) in [4.78, 5) is 31.8. The number of hydrogen-bond donors (Lipinski definition) is 0. The lowest BCUT2D eigenvalue weighted by Crippen LogP contribution is -2.41. The Hall–Kier alpha value is -2.77. The zero-order valence-corrected chi connectivity index (χ0v) is 15.3. The maximum Gasteiger partial charge on any atom is 0.319 e. The Kier molecular flexibility index (Phi) is 5.53. The molecule has 1 atom stereocenters. The number of carbonyl (C=O) groups excluding carboxylic acids is 2. The summed E-state index contributed by atoms with van der Waals surface area (Å²) in [5.41, 5.74) is 2.10. The van der Waals surface area contributed by atoms with Crippen LogP contribution in [0.2, 0.25) is 0 Å². The molecule has 0 saturated heterocycles. The third-order valence-electron chi connectivity index (χ3n) is 4.95. The Labute approximate surface area is 156 Å². The first-order valence-corrected chi connectivity index (χ1v) is 8.77. The normalized spacial score (nSPS) is 16.3. The minimum absolute atomic E-state index is 0.0232. The van der Waals surface area contributed by atoms with E-state index in [4.69, 9.17) is 0 Å². The number of nitrogens with zero attached hydrogens (tertiary/aromatic N) is 4. The Morgan fingerprint density at radius 3 is 2.78 bits per heavy atom. The van der Waals surface area contributed by atoms with Crippen LogP contribution in [-0.2, 0) is 22.6 Å². The SMILES string of the molecule is CC(=O)N1CCc2ccccc2C1CC(=O)N(C)Cc1nccn1C(F)F. The Balaban J connectivity index is 1.76. The van der Waals surface area contributed by atoms with Crippen molar-refractivity contribution in [2.75, 3.05) is 13.6 Å². The summed E-state index contributed by atoms with van der Waals surface area (Å²) in [6, 6.07) is 7.43. The molecule has 0 spiro atoms. The molecule has 0 bridgehead atoms. The van der Waals surface area contributed by atoms with E-state index in [0.717, 1.165) is 22.1 Å². The summed E-state index contributed by atoms with van der Waals surface area (Å²) < 4.78 is 26.7. The molecule has 1 aliphatic rings. The number of alkyl halides is 2. The summed E-state index contributed by atoms with van der Waals surface area (Å²) in [6.07, 6.45) is 3.33. The molecule has 0 aliphatic carbocycles. The number of fused-ring (bicyclic) bond motifs is 1. The molecule has 8 heteroatoms. The largest absolute Gasteiger partial charge is 0.338 e. The van der Waals surface area contributed by atoms with Gasteiger partial charge in [0.25, 0.3) is 0 Å². The number of amides is 2.